The second-order valence-corrected chi connectivity index (χ2v) is 10.3. The molecule has 0 N–H and O–H groups in total. The normalized spacial score (nSPS) is 24.1. The molecule has 186 valence electrons. The fourth-order valence-corrected chi connectivity index (χ4v) is 5.25. The minimum absolute atomic E-state index is 0.234. The Bertz CT molecular complexity index is 1160. The Labute approximate surface area is 210 Å². The average Bonchev–Trinajstić information content (AvgIpc) is 3.24. The van der Waals surface area contributed by atoms with Crippen LogP contribution in [0.2, 0.25) is 0 Å². The molecule has 5 nitrogen and oxygen atoms in total. The fraction of sp³-hybridized carbons (Fsp3) is 0.467. The number of likely N-dealkylation sites (N-methyl/N-ethyl adjacent to an activating group) is 1. The van der Waals surface area contributed by atoms with Crippen LogP contribution in [0.25, 0.3) is 10.9 Å². The summed E-state index contributed by atoms with van der Waals surface area (Å²) >= 11 is 0. The van der Waals surface area contributed by atoms with Crippen LogP contribution in [0, 0.1) is 5.41 Å². The molecule has 4 rings (SSSR count). The maximum atomic E-state index is 14.1. The van der Waals surface area contributed by atoms with Gasteiger partial charge in [-0.3, -0.25) is 9.78 Å². The first-order valence-electron chi connectivity index (χ1n) is 12.8. The van der Waals surface area contributed by atoms with Crippen molar-refractivity contribution in [3.63, 3.8) is 0 Å². The van der Waals surface area contributed by atoms with E-state index in [2.05, 4.69) is 86.0 Å². The highest BCUT2D eigenvalue weighted by Gasteiger charge is 2.48. The fourth-order valence-electron chi connectivity index (χ4n) is 5.25. The Hall–Kier alpha value is -2.92. The largest absolute Gasteiger partial charge is 0.496 e. The molecule has 0 fully saturated rings. The maximum absolute atomic E-state index is 14.1. The highest BCUT2D eigenvalue weighted by atomic mass is 16.5. The standard InChI is InChI=1S/C30H39N3O2/c1-6-32(7-2)17-18-35-27-20-29(4,15-13-23(27)3)28(34)30(5)14-10-16-33(30)22-24-19-25-11-8-9-12-26(25)31-21-24/h8-13,15-16,19,21H,6-7,14,17-18,20,22H2,1-5H3. The third-order valence-corrected chi connectivity index (χ3v) is 7.69. The molecule has 2 aromatic rings. The van der Waals surface area contributed by atoms with Crippen molar-refractivity contribution in [1.29, 1.82) is 0 Å². The molecule has 0 amide bonds. The van der Waals surface area contributed by atoms with Crippen molar-refractivity contribution in [2.75, 3.05) is 26.2 Å². The van der Waals surface area contributed by atoms with E-state index in [0.29, 0.717) is 26.0 Å². The van der Waals surface area contributed by atoms with E-state index in [1.54, 1.807) is 0 Å². The van der Waals surface area contributed by atoms with Gasteiger partial charge in [0.15, 0.2) is 5.78 Å². The predicted molar refractivity (Wildman–Crippen MR) is 143 cm³/mol. The molecule has 2 unspecified atom stereocenters. The number of carbonyl (C=O) groups excluding carboxylic acids is 1. The molecule has 2 aliphatic rings. The zero-order chi connectivity index (χ0) is 25.1. The Morgan fingerprint density at radius 3 is 2.74 bits per heavy atom. The van der Waals surface area contributed by atoms with Gasteiger partial charge in [0, 0.05) is 31.1 Å². The molecule has 1 aromatic carbocycles. The van der Waals surface area contributed by atoms with Crippen LogP contribution in [0.3, 0.4) is 0 Å². The number of fused-ring (bicyclic) bond motifs is 1. The Morgan fingerprint density at radius 1 is 1.20 bits per heavy atom. The first kappa shape index (κ1) is 25.2. The Kier molecular flexibility index (Phi) is 7.46. The number of para-hydroxylation sites is 1. The van der Waals surface area contributed by atoms with E-state index in [-0.39, 0.29) is 5.78 Å². The van der Waals surface area contributed by atoms with E-state index in [1.807, 2.05) is 24.4 Å². The molecule has 0 radical (unpaired) electrons. The van der Waals surface area contributed by atoms with Crippen LogP contribution < -0.4 is 0 Å². The number of aromatic nitrogens is 1. The van der Waals surface area contributed by atoms with Crippen LogP contribution in [0.4, 0.5) is 0 Å². The quantitative estimate of drug-likeness (QED) is 0.431. The van der Waals surface area contributed by atoms with Crippen LogP contribution in [0.5, 0.6) is 0 Å². The summed E-state index contributed by atoms with van der Waals surface area (Å²) in [6.45, 7) is 14.8. The zero-order valence-corrected chi connectivity index (χ0v) is 21.9. The molecule has 5 heteroatoms. The molecular weight excluding hydrogens is 434 g/mol. The average molecular weight is 474 g/mol. The second kappa shape index (κ2) is 10.4. The predicted octanol–water partition coefficient (Wildman–Crippen LogP) is 5.88. The SMILES string of the molecule is CCN(CC)CCOC1=C(C)C=CC(C)(C(=O)C2(C)CC=CN2Cc2cnc3ccccc3c2)C1. The van der Waals surface area contributed by atoms with Crippen molar-refractivity contribution in [2.24, 2.45) is 5.41 Å². The van der Waals surface area contributed by atoms with Gasteiger partial charge in [-0.2, -0.15) is 0 Å². The van der Waals surface area contributed by atoms with Gasteiger partial charge in [0.05, 0.1) is 16.5 Å². The molecule has 0 saturated carbocycles. The number of Topliss-reactive ketones (excluding diaryl/α,β-unsaturated/α-hetero) is 1. The van der Waals surface area contributed by atoms with Gasteiger partial charge in [-0.05, 0) is 69.8 Å². The number of ketones is 1. The molecule has 35 heavy (non-hydrogen) atoms. The van der Waals surface area contributed by atoms with Gasteiger partial charge in [0.1, 0.15) is 12.4 Å². The Morgan fingerprint density at radius 2 is 1.97 bits per heavy atom. The summed E-state index contributed by atoms with van der Waals surface area (Å²) in [4.78, 5) is 23.3. The minimum atomic E-state index is -0.609. The molecular formula is C30H39N3O2. The van der Waals surface area contributed by atoms with Gasteiger partial charge in [0.2, 0.25) is 0 Å². The lowest BCUT2D eigenvalue weighted by Crippen LogP contribution is -2.52. The van der Waals surface area contributed by atoms with Gasteiger partial charge in [-0.1, -0.05) is 50.3 Å². The van der Waals surface area contributed by atoms with Crippen LogP contribution in [0.15, 0.2) is 72.3 Å². The van der Waals surface area contributed by atoms with Gasteiger partial charge < -0.3 is 14.5 Å². The summed E-state index contributed by atoms with van der Waals surface area (Å²) < 4.78 is 6.23. The molecule has 0 saturated heterocycles. The number of hydrogen-bond acceptors (Lipinski definition) is 5. The second-order valence-electron chi connectivity index (χ2n) is 10.3. The van der Waals surface area contributed by atoms with Crippen molar-refractivity contribution in [3.05, 3.63) is 77.9 Å². The number of pyridine rings is 1. The highest BCUT2D eigenvalue weighted by molar-refractivity contribution is 5.95. The molecule has 1 aliphatic heterocycles. The van der Waals surface area contributed by atoms with E-state index >= 15 is 0 Å². The number of ether oxygens (including phenoxy) is 1. The van der Waals surface area contributed by atoms with Crippen molar-refractivity contribution in [1.82, 2.24) is 14.8 Å². The first-order chi connectivity index (χ1) is 16.8. The van der Waals surface area contributed by atoms with Crippen molar-refractivity contribution < 1.29 is 9.53 Å². The number of benzene rings is 1. The van der Waals surface area contributed by atoms with E-state index in [0.717, 1.165) is 47.4 Å². The van der Waals surface area contributed by atoms with Crippen LogP contribution in [-0.4, -0.2) is 52.3 Å². The number of allylic oxidation sites excluding steroid dienone is 4. The lowest BCUT2D eigenvalue weighted by Gasteiger charge is -2.42. The van der Waals surface area contributed by atoms with Crippen LogP contribution >= 0.6 is 0 Å². The zero-order valence-electron chi connectivity index (χ0n) is 21.9. The van der Waals surface area contributed by atoms with E-state index in [4.69, 9.17) is 4.74 Å². The molecule has 2 atom stereocenters. The van der Waals surface area contributed by atoms with Crippen molar-refractivity contribution in [2.45, 2.75) is 59.5 Å². The summed E-state index contributed by atoms with van der Waals surface area (Å²) in [5.74, 6) is 1.17. The van der Waals surface area contributed by atoms with Gasteiger partial charge in [0.25, 0.3) is 0 Å². The summed E-state index contributed by atoms with van der Waals surface area (Å²) in [5, 5.41) is 1.12. The third kappa shape index (κ3) is 5.20. The first-order valence-corrected chi connectivity index (χ1v) is 12.8. The smallest absolute Gasteiger partial charge is 0.168 e. The summed E-state index contributed by atoms with van der Waals surface area (Å²) in [7, 11) is 0. The number of hydrogen-bond donors (Lipinski definition) is 0. The molecule has 0 spiro atoms. The summed E-state index contributed by atoms with van der Waals surface area (Å²) in [5.41, 5.74) is 1.99. The third-order valence-electron chi connectivity index (χ3n) is 7.69. The van der Waals surface area contributed by atoms with Gasteiger partial charge >= 0.3 is 0 Å². The van der Waals surface area contributed by atoms with Crippen molar-refractivity contribution >= 4 is 16.7 Å². The van der Waals surface area contributed by atoms with E-state index in [9.17, 15) is 4.79 Å². The molecule has 2 heterocycles. The maximum Gasteiger partial charge on any atom is 0.168 e. The molecule has 1 aromatic heterocycles. The monoisotopic (exact) mass is 473 g/mol. The van der Waals surface area contributed by atoms with Crippen LogP contribution in [-0.2, 0) is 16.1 Å². The van der Waals surface area contributed by atoms with Crippen LogP contribution in [0.1, 0.15) is 53.0 Å². The molecule has 0 bridgehead atoms. The van der Waals surface area contributed by atoms with Crippen molar-refractivity contribution in [3.8, 4) is 0 Å². The summed E-state index contributed by atoms with van der Waals surface area (Å²) in [6.07, 6.45) is 11.6. The topological polar surface area (TPSA) is 45.7 Å². The lowest BCUT2D eigenvalue weighted by molar-refractivity contribution is -0.136. The van der Waals surface area contributed by atoms with E-state index in [1.165, 1.54) is 0 Å². The Balaban J connectivity index is 1.48. The molecule has 1 aliphatic carbocycles. The lowest BCUT2D eigenvalue weighted by atomic mass is 9.70. The van der Waals surface area contributed by atoms with Gasteiger partial charge in [-0.25, -0.2) is 0 Å². The van der Waals surface area contributed by atoms with E-state index < -0.39 is 11.0 Å². The minimum Gasteiger partial charge on any atom is -0.496 e. The number of nitrogens with zero attached hydrogens (tertiary/aromatic N) is 3. The number of rotatable bonds is 10. The highest BCUT2D eigenvalue weighted by Crippen LogP contribution is 2.42. The number of carbonyl (C=O) groups is 1. The van der Waals surface area contributed by atoms with Gasteiger partial charge in [-0.15, -0.1) is 0 Å². The summed E-state index contributed by atoms with van der Waals surface area (Å²) in [6, 6.07) is 10.3.